The summed E-state index contributed by atoms with van der Waals surface area (Å²) in [5, 5.41) is 10.0. The second kappa shape index (κ2) is 16.3. The number of methoxy groups -OCH3 is 3. The molecule has 3 heterocycles. The fraction of sp³-hybridized carbons (Fsp3) is 0.159. The Hall–Kier alpha value is -7.01. The van der Waals surface area contributed by atoms with Crippen LogP contribution in [0.1, 0.15) is 29.3 Å². The van der Waals surface area contributed by atoms with Crippen molar-refractivity contribution in [2.75, 3.05) is 32.8 Å². The van der Waals surface area contributed by atoms with Gasteiger partial charge in [0.05, 0.1) is 39.3 Å². The summed E-state index contributed by atoms with van der Waals surface area (Å²) >= 11 is 0. The first-order valence-electron chi connectivity index (χ1n) is 17.7. The first-order chi connectivity index (χ1) is 26.9. The molecule has 11 nitrogen and oxygen atoms in total. The molecule has 0 unspecified atom stereocenters. The summed E-state index contributed by atoms with van der Waals surface area (Å²) in [4.78, 5) is 35.1. The van der Waals surface area contributed by atoms with Crippen LogP contribution < -0.4 is 23.8 Å². The van der Waals surface area contributed by atoms with E-state index in [0.29, 0.717) is 64.4 Å². The molecule has 7 rings (SSSR count). The highest BCUT2D eigenvalue weighted by molar-refractivity contribution is 6.32. The average Bonchev–Trinajstić information content (AvgIpc) is 3.56. The molecule has 55 heavy (non-hydrogen) atoms. The largest absolute Gasteiger partial charge is 0.508 e. The number of amidine groups is 1. The number of nitrogens with zero attached hydrogens (tertiary/aromatic N) is 5. The number of carbonyl (C=O) groups is 1. The SMILES string of the molecule is CCc1ccc(CCOc2ccc(-c3cc(-c4ccc(O)cc4)nc(N4C(=O)/C(=C/c5cc(OC)c(OC)c(OC)c5)N=C4c4ccccc4)n3)cc2)nc1. The number of aliphatic imine (C=N–C) groups is 1. The third-order valence-electron chi connectivity index (χ3n) is 9.03. The van der Waals surface area contributed by atoms with Crippen molar-refractivity contribution in [1.29, 1.82) is 0 Å². The number of rotatable bonds is 13. The minimum atomic E-state index is -0.427. The molecule has 0 atom stereocenters. The molecule has 0 fully saturated rings. The molecule has 0 bridgehead atoms. The molecule has 4 aromatic carbocycles. The van der Waals surface area contributed by atoms with Gasteiger partial charge in [-0.15, -0.1) is 0 Å². The lowest BCUT2D eigenvalue weighted by molar-refractivity contribution is -0.113. The molecule has 1 amide bonds. The Morgan fingerprint density at radius 1 is 0.745 bits per heavy atom. The van der Waals surface area contributed by atoms with Crippen LogP contribution >= 0.6 is 0 Å². The van der Waals surface area contributed by atoms with E-state index in [1.807, 2.05) is 72.9 Å². The van der Waals surface area contributed by atoms with Crippen molar-refractivity contribution in [3.63, 3.8) is 0 Å². The number of aromatic nitrogens is 3. The third-order valence-corrected chi connectivity index (χ3v) is 9.03. The number of hydrogen-bond acceptors (Lipinski definition) is 10. The van der Waals surface area contributed by atoms with E-state index in [1.165, 1.54) is 31.8 Å². The van der Waals surface area contributed by atoms with Crippen LogP contribution in [0.5, 0.6) is 28.7 Å². The van der Waals surface area contributed by atoms with Gasteiger partial charge in [0.1, 0.15) is 17.2 Å². The van der Waals surface area contributed by atoms with Gasteiger partial charge in [-0.1, -0.05) is 43.3 Å². The Balaban J connectivity index is 1.26. The maximum atomic E-state index is 14.5. The predicted octanol–water partition coefficient (Wildman–Crippen LogP) is 7.96. The normalized spacial score (nSPS) is 13.2. The topological polar surface area (TPSA) is 128 Å². The van der Waals surface area contributed by atoms with Crippen molar-refractivity contribution in [3.8, 4) is 51.3 Å². The fourth-order valence-corrected chi connectivity index (χ4v) is 6.10. The van der Waals surface area contributed by atoms with Crippen molar-refractivity contribution >= 4 is 23.8 Å². The highest BCUT2D eigenvalue weighted by Gasteiger charge is 2.35. The maximum absolute atomic E-state index is 14.5. The first-order valence-corrected chi connectivity index (χ1v) is 17.7. The van der Waals surface area contributed by atoms with E-state index >= 15 is 0 Å². The van der Waals surface area contributed by atoms with Crippen LogP contribution in [0.25, 0.3) is 28.6 Å². The van der Waals surface area contributed by atoms with Crippen LogP contribution in [0.15, 0.2) is 126 Å². The van der Waals surface area contributed by atoms with Crippen LogP contribution in [0.3, 0.4) is 0 Å². The van der Waals surface area contributed by atoms with Crippen LogP contribution in [0, 0.1) is 0 Å². The zero-order chi connectivity index (χ0) is 38.3. The van der Waals surface area contributed by atoms with Crippen LogP contribution in [0.4, 0.5) is 5.95 Å². The summed E-state index contributed by atoms with van der Waals surface area (Å²) in [5.74, 6) is 2.20. The Morgan fingerprint density at radius 3 is 1.98 bits per heavy atom. The lowest BCUT2D eigenvalue weighted by Crippen LogP contribution is -2.34. The van der Waals surface area contributed by atoms with Gasteiger partial charge in [0.25, 0.3) is 5.91 Å². The molecule has 11 heteroatoms. The number of carbonyl (C=O) groups excluding carboxylic acids is 1. The van der Waals surface area contributed by atoms with Gasteiger partial charge in [0.2, 0.25) is 11.7 Å². The number of aryl methyl sites for hydroxylation is 1. The Morgan fingerprint density at radius 2 is 1.40 bits per heavy atom. The summed E-state index contributed by atoms with van der Waals surface area (Å²) in [6, 6.07) is 33.2. The first kappa shape index (κ1) is 36.4. The van der Waals surface area contributed by atoms with Crippen molar-refractivity contribution < 1.29 is 28.8 Å². The predicted molar refractivity (Wildman–Crippen MR) is 212 cm³/mol. The highest BCUT2D eigenvalue weighted by Crippen LogP contribution is 2.39. The molecule has 1 N–H and O–H groups in total. The molecule has 1 aliphatic rings. The molecule has 276 valence electrons. The lowest BCUT2D eigenvalue weighted by atomic mass is 10.1. The zero-order valence-electron chi connectivity index (χ0n) is 30.9. The summed E-state index contributed by atoms with van der Waals surface area (Å²) in [6.07, 6.45) is 5.20. The second-order valence-electron chi connectivity index (χ2n) is 12.5. The standard InChI is InChI=1S/C44H39N5O6/c1-5-28-11-16-33(45-27-28)21-22-55-35-19-14-31(15-20-35)37-26-36(30-12-17-34(50)18-13-30)47-44(48-37)49-42(32-9-7-6-8-10-32)46-38(43(49)51)23-29-24-39(52-2)41(54-4)40(25-29)53-3/h6-20,23-27,50H,5,21-22H2,1-4H3/b38-23-. The summed E-state index contributed by atoms with van der Waals surface area (Å²) in [6.45, 7) is 2.58. The van der Waals surface area contributed by atoms with Gasteiger partial charge in [-0.25, -0.2) is 19.9 Å². The highest BCUT2D eigenvalue weighted by atomic mass is 16.5. The van der Waals surface area contributed by atoms with Crippen molar-refractivity contribution in [1.82, 2.24) is 15.0 Å². The van der Waals surface area contributed by atoms with Gasteiger partial charge < -0.3 is 24.1 Å². The monoisotopic (exact) mass is 733 g/mol. The van der Waals surface area contributed by atoms with Crippen molar-refractivity contribution in [2.24, 2.45) is 4.99 Å². The molecular weight excluding hydrogens is 695 g/mol. The molecule has 0 saturated heterocycles. The molecule has 0 aliphatic carbocycles. The number of amides is 1. The fourth-order valence-electron chi connectivity index (χ4n) is 6.10. The van der Waals surface area contributed by atoms with Crippen LogP contribution in [-0.4, -0.2) is 59.7 Å². The van der Waals surface area contributed by atoms with Gasteiger partial charge in [-0.05, 0) is 96.4 Å². The lowest BCUT2D eigenvalue weighted by Gasteiger charge is -2.18. The third kappa shape index (κ3) is 8.01. The number of anilines is 1. The van der Waals surface area contributed by atoms with Crippen molar-refractivity contribution in [2.45, 2.75) is 19.8 Å². The van der Waals surface area contributed by atoms with E-state index in [1.54, 1.807) is 42.5 Å². The summed E-state index contributed by atoms with van der Waals surface area (Å²) in [7, 11) is 4.59. The Labute approximate surface area is 319 Å². The van der Waals surface area contributed by atoms with Gasteiger partial charge in [0, 0.05) is 35.0 Å². The average molecular weight is 734 g/mol. The van der Waals surface area contributed by atoms with E-state index in [2.05, 4.69) is 18.0 Å². The molecular formula is C44H39N5O6. The van der Waals surface area contributed by atoms with E-state index < -0.39 is 5.91 Å². The Bertz CT molecular complexity index is 2340. The summed E-state index contributed by atoms with van der Waals surface area (Å²) in [5.41, 5.74) is 6.27. The number of benzene rings is 4. The maximum Gasteiger partial charge on any atom is 0.285 e. The second-order valence-corrected chi connectivity index (χ2v) is 12.5. The number of aromatic hydroxyl groups is 1. The van der Waals surface area contributed by atoms with Gasteiger partial charge in [0.15, 0.2) is 17.3 Å². The van der Waals surface area contributed by atoms with E-state index in [0.717, 1.165) is 23.2 Å². The number of phenolic OH excluding ortho intramolecular Hbond substituents is 1. The molecule has 2 aromatic heterocycles. The molecule has 1 aliphatic heterocycles. The molecule has 0 radical (unpaired) electrons. The number of phenols is 1. The van der Waals surface area contributed by atoms with E-state index in [4.69, 9.17) is 33.9 Å². The van der Waals surface area contributed by atoms with Gasteiger partial charge in [-0.3, -0.25) is 9.78 Å². The van der Waals surface area contributed by atoms with Crippen LogP contribution in [-0.2, 0) is 17.6 Å². The van der Waals surface area contributed by atoms with E-state index in [-0.39, 0.29) is 17.4 Å². The number of pyridine rings is 1. The summed E-state index contributed by atoms with van der Waals surface area (Å²) < 4.78 is 22.6. The molecule has 0 saturated carbocycles. The van der Waals surface area contributed by atoms with Crippen molar-refractivity contribution in [3.05, 3.63) is 143 Å². The Kier molecular flexibility index (Phi) is 10.8. The zero-order valence-corrected chi connectivity index (χ0v) is 30.9. The molecule has 0 spiro atoms. The molecule has 6 aromatic rings. The van der Waals surface area contributed by atoms with Crippen LogP contribution in [0.2, 0.25) is 0 Å². The number of hydrogen-bond donors (Lipinski definition) is 1. The van der Waals surface area contributed by atoms with E-state index in [9.17, 15) is 9.90 Å². The minimum Gasteiger partial charge on any atom is -0.508 e. The number of ether oxygens (including phenoxy) is 4. The smallest absolute Gasteiger partial charge is 0.285 e. The quantitative estimate of drug-likeness (QED) is 0.118. The van der Waals surface area contributed by atoms with Gasteiger partial charge >= 0.3 is 0 Å². The van der Waals surface area contributed by atoms with Gasteiger partial charge in [-0.2, -0.15) is 0 Å². The minimum absolute atomic E-state index is 0.123.